The molecule has 0 radical (unpaired) electrons. The maximum absolute atomic E-state index is 13.0. The van der Waals surface area contributed by atoms with Crippen LogP contribution in [0, 0.1) is 5.95 Å². The highest BCUT2D eigenvalue weighted by Crippen LogP contribution is 2.27. The van der Waals surface area contributed by atoms with Gasteiger partial charge >= 0.3 is 0 Å². The van der Waals surface area contributed by atoms with Crippen LogP contribution in [0.2, 0.25) is 0 Å². The summed E-state index contributed by atoms with van der Waals surface area (Å²) in [7, 11) is 0. The molecule has 0 spiro atoms. The third kappa shape index (κ3) is 2.36. The second-order valence-electron chi connectivity index (χ2n) is 4.93. The molecule has 0 N–H and O–H groups in total. The van der Waals surface area contributed by atoms with E-state index in [9.17, 15) is 9.18 Å². The molecular formula is C13H16FN3O. The van der Waals surface area contributed by atoms with Crippen LogP contribution in [-0.2, 0) is 0 Å². The van der Waals surface area contributed by atoms with Crippen molar-refractivity contribution in [2.45, 2.75) is 18.9 Å². The monoisotopic (exact) mass is 249 g/mol. The van der Waals surface area contributed by atoms with E-state index in [1.807, 2.05) is 0 Å². The summed E-state index contributed by atoms with van der Waals surface area (Å²) in [6.45, 7) is 3.34. The van der Waals surface area contributed by atoms with Crippen molar-refractivity contribution >= 4 is 5.91 Å². The van der Waals surface area contributed by atoms with Gasteiger partial charge in [0.25, 0.3) is 5.91 Å². The molecular weight excluding hydrogens is 233 g/mol. The van der Waals surface area contributed by atoms with Gasteiger partial charge in [0.15, 0.2) is 0 Å². The summed E-state index contributed by atoms with van der Waals surface area (Å²) < 4.78 is 13.0. The Hall–Kier alpha value is -1.49. The molecule has 18 heavy (non-hydrogen) atoms. The zero-order valence-corrected chi connectivity index (χ0v) is 10.2. The van der Waals surface area contributed by atoms with Crippen molar-refractivity contribution in [3.05, 3.63) is 29.8 Å². The Kier molecular flexibility index (Phi) is 2.99. The molecule has 1 aromatic heterocycles. The average Bonchev–Trinajstić information content (AvgIpc) is 3.22. The Morgan fingerprint density at radius 2 is 2.00 bits per heavy atom. The minimum atomic E-state index is -0.600. The summed E-state index contributed by atoms with van der Waals surface area (Å²) in [5, 5.41) is 0. The molecule has 4 nitrogen and oxygen atoms in total. The number of carbonyl (C=O) groups is 1. The van der Waals surface area contributed by atoms with Crippen LogP contribution in [0.15, 0.2) is 18.3 Å². The van der Waals surface area contributed by atoms with E-state index in [1.165, 1.54) is 25.1 Å². The van der Waals surface area contributed by atoms with E-state index >= 15 is 0 Å². The highest BCUT2D eigenvalue weighted by molar-refractivity contribution is 5.94. The number of hydrogen-bond donors (Lipinski definition) is 0. The lowest BCUT2D eigenvalue weighted by molar-refractivity contribution is 0.0626. The summed E-state index contributed by atoms with van der Waals surface area (Å²) in [6, 6.07) is 3.52. The highest BCUT2D eigenvalue weighted by Gasteiger charge is 2.32. The lowest BCUT2D eigenvalue weighted by atomic mass is 10.2. The Morgan fingerprint density at radius 1 is 1.28 bits per heavy atom. The van der Waals surface area contributed by atoms with Gasteiger partial charge in [0.2, 0.25) is 5.95 Å². The molecule has 1 aliphatic heterocycles. The van der Waals surface area contributed by atoms with Crippen LogP contribution in [0.1, 0.15) is 23.2 Å². The molecule has 0 bridgehead atoms. The first-order valence-corrected chi connectivity index (χ1v) is 6.39. The van der Waals surface area contributed by atoms with Crippen LogP contribution in [-0.4, -0.2) is 52.9 Å². The molecule has 2 heterocycles. The maximum atomic E-state index is 13.0. The lowest BCUT2D eigenvalue weighted by Gasteiger charge is -2.34. The third-order valence-corrected chi connectivity index (χ3v) is 3.64. The normalized spacial score (nSPS) is 21.1. The van der Waals surface area contributed by atoms with Crippen LogP contribution in [0.4, 0.5) is 4.39 Å². The quantitative estimate of drug-likeness (QED) is 0.737. The van der Waals surface area contributed by atoms with E-state index < -0.39 is 5.95 Å². The Labute approximate surface area is 105 Å². The first kappa shape index (κ1) is 11.6. The van der Waals surface area contributed by atoms with Crippen molar-refractivity contribution in [3.8, 4) is 0 Å². The predicted octanol–water partition coefficient (Wildman–Crippen LogP) is 1.14. The topological polar surface area (TPSA) is 36.4 Å². The van der Waals surface area contributed by atoms with Crippen molar-refractivity contribution in [3.63, 3.8) is 0 Å². The van der Waals surface area contributed by atoms with E-state index in [4.69, 9.17) is 0 Å². The molecule has 1 saturated heterocycles. The molecule has 1 aliphatic carbocycles. The maximum Gasteiger partial charge on any atom is 0.254 e. The van der Waals surface area contributed by atoms with Crippen LogP contribution in [0.5, 0.6) is 0 Å². The third-order valence-electron chi connectivity index (χ3n) is 3.64. The number of aromatic nitrogens is 1. The van der Waals surface area contributed by atoms with Crippen molar-refractivity contribution in [2.75, 3.05) is 26.2 Å². The van der Waals surface area contributed by atoms with Crippen LogP contribution < -0.4 is 0 Å². The summed E-state index contributed by atoms with van der Waals surface area (Å²) in [6.07, 6.45) is 3.93. The van der Waals surface area contributed by atoms with E-state index in [1.54, 1.807) is 11.0 Å². The molecule has 0 unspecified atom stereocenters. The fraction of sp³-hybridized carbons (Fsp3) is 0.538. The van der Waals surface area contributed by atoms with Crippen molar-refractivity contribution in [2.24, 2.45) is 0 Å². The number of piperazine rings is 1. The van der Waals surface area contributed by atoms with E-state index in [0.717, 1.165) is 32.2 Å². The SMILES string of the molecule is O=C(c1ccnc(F)c1)N1CCN(C2CC2)CC1. The number of carbonyl (C=O) groups excluding carboxylic acids is 1. The zero-order chi connectivity index (χ0) is 12.5. The lowest BCUT2D eigenvalue weighted by Crippen LogP contribution is -2.49. The second-order valence-corrected chi connectivity index (χ2v) is 4.93. The first-order valence-electron chi connectivity index (χ1n) is 6.39. The van der Waals surface area contributed by atoms with Gasteiger partial charge in [0.1, 0.15) is 0 Å². The minimum absolute atomic E-state index is 0.0910. The van der Waals surface area contributed by atoms with E-state index in [0.29, 0.717) is 5.56 Å². The number of halogens is 1. The van der Waals surface area contributed by atoms with E-state index in [2.05, 4.69) is 9.88 Å². The molecule has 2 aliphatic rings. The van der Waals surface area contributed by atoms with Gasteiger partial charge in [-0.2, -0.15) is 4.39 Å². The Bertz CT molecular complexity index is 453. The number of nitrogens with zero attached hydrogens (tertiary/aromatic N) is 3. The average molecular weight is 249 g/mol. The molecule has 2 fully saturated rings. The number of rotatable bonds is 2. The van der Waals surface area contributed by atoms with Gasteiger partial charge in [-0.1, -0.05) is 0 Å². The van der Waals surface area contributed by atoms with Gasteiger partial charge in [-0.3, -0.25) is 9.69 Å². The summed E-state index contributed by atoms with van der Waals surface area (Å²) in [5.74, 6) is -0.691. The van der Waals surface area contributed by atoms with Gasteiger partial charge in [-0.25, -0.2) is 4.98 Å². The van der Waals surface area contributed by atoms with Crippen LogP contribution >= 0.6 is 0 Å². The summed E-state index contributed by atoms with van der Waals surface area (Å²) >= 11 is 0. The number of pyridine rings is 1. The smallest absolute Gasteiger partial charge is 0.254 e. The van der Waals surface area contributed by atoms with Crippen LogP contribution in [0.25, 0.3) is 0 Å². The van der Waals surface area contributed by atoms with Gasteiger partial charge in [0.05, 0.1) is 0 Å². The molecule has 1 saturated carbocycles. The summed E-state index contributed by atoms with van der Waals surface area (Å²) in [5.41, 5.74) is 0.391. The van der Waals surface area contributed by atoms with E-state index in [-0.39, 0.29) is 5.91 Å². The molecule has 1 amide bonds. The first-order chi connectivity index (χ1) is 8.74. The molecule has 1 aromatic rings. The van der Waals surface area contributed by atoms with Crippen molar-refractivity contribution in [1.82, 2.24) is 14.8 Å². The fourth-order valence-electron chi connectivity index (χ4n) is 2.45. The van der Waals surface area contributed by atoms with Crippen LogP contribution in [0.3, 0.4) is 0 Å². The minimum Gasteiger partial charge on any atom is -0.336 e. The summed E-state index contributed by atoms with van der Waals surface area (Å²) in [4.78, 5) is 19.9. The largest absolute Gasteiger partial charge is 0.336 e. The van der Waals surface area contributed by atoms with Gasteiger partial charge in [0, 0.05) is 50.0 Å². The van der Waals surface area contributed by atoms with Gasteiger partial charge in [-0.15, -0.1) is 0 Å². The Morgan fingerprint density at radius 3 is 2.61 bits per heavy atom. The predicted molar refractivity (Wildman–Crippen MR) is 64.7 cm³/mol. The highest BCUT2D eigenvalue weighted by atomic mass is 19.1. The van der Waals surface area contributed by atoms with Crippen molar-refractivity contribution < 1.29 is 9.18 Å². The molecule has 5 heteroatoms. The van der Waals surface area contributed by atoms with Gasteiger partial charge in [-0.05, 0) is 18.9 Å². The zero-order valence-electron chi connectivity index (χ0n) is 10.2. The van der Waals surface area contributed by atoms with Gasteiger partial charge < -0.3 is 4.90 Å². The second kappa shape index (κ2) is 4.65. The molecule has 3 rings (SSSR count). The molecule has 96 valence electrons. The number of amides is 1. The fourth-order valence-corrected chi connectivity index (χ4v) is 2.45. The standard InChI is InChI=1S/C13H16FN3O/c14-12-9-10(3-4-15-12)13(18)17-7-5-16(6-8-17)11-1-2-11/h3-4,9,11H,1-2,5-8H2. The van der Waals surface area contributed by atoms with Crippen molar-refractivity contribution in [1.29, 1.82) is 0 Å². The Balaban J connectivity index is 1.63. The number of hydrogen-bond acceptors (Lipinski definition) is 3. The molecule has 0 atom stereocenters. The molecule has 0 aromatic carbocycles.